The number of carbonyl (C=O) groups is 3. The number of amides is 3. The fraction of sp³-hybridized carbons (Fsp3) is 0.286. The Kier molecular flexibility index (Phi) is 6.52. The van der Waals surface area contributed by atoms with Gasteiger partial charge in [0.25, 0.3) is 5.91 Å². The second-order valence-electron chi connectivity index (χ2n) is 7.35. The zero-order valence-electron chi connectivity index (χ0n) is 17.1. The fourth-order valence-electron chi connectivity index (χ4n) is 3.50. The molecule has 4 rings (SSSR count). The summed E-state index contributed by atoms with van der Waals surface area (Å²) in [5.41, 5.74) is 7.51. The number of fused-ring (bicyclic) bond motifs is 1. The SMILES string of the molecule is Nc1ncnc2cc(CN3CCN(C(=O)CCNC(=O)c4ccc(Cl)s4)CC3=O)ccc12. The molecule has 166 valence electrons. The molecule has 11 heteroatoms. The van der Waals surface area contributed by atoms with Crippen LogP contribution in [-0.2, 0) is 16.1 Å². The Balaban J connectivity index is 1.27. The minimum atomic E-state index is -0.266. The number of carbonyl (C=O) groups excluding carboxylic acids is 3. The van der Waals surface area contributed by atoms with Crippen LogP contribution in [0.1, 0.15) is 21.7 Å². The largest absolute Gasteiger partial charge is 0.383 e. The third kappa shape index (κ3) is 4.97. The van der Waals surface area contributed by atoms with Crippen LogP contribution in [0.5, 0.6) is 0 Å². The summed E-state index contributed by atoms with van der Waals surface area (Å²) in [5, 5.41) is 3.47. The lowest BCUT2D eigenvalue weighted by atomic mass is 10.1. The monoisotopic (exact) mass is 472 g/mol. The summed E-state index contributed by atoms with van der Waals surface area (Å²) in [5.74, 6) is -0.136. The van der Waals surface area contributed by atoms with E-state index in [-0.39, 0.29) is 37.2 Å². The average Bonchev–Trinajstić information content (AvgIpc) is 3.21. The van der Waals surface area contributed by atoms with Crippen LogP contribution in [0.25, 0.3) is 10.9 Å². The Bertz CT molecular complexity index is 1180. The Morgan fingerprint density at radius 2 is 2.03 bits per heavy atom. The summed E-state index contributed by atoms with van der Waals surface area (Å²) >= 11 is 7.01. The van der Waals surface area contributed by atoms with Gasteiger partial charge >= 0.3 is 0 Å². The van der Waals surface area contributed by atoms with Crippen molar-refractivity contribution in [3.63, 3.8) is 0 Å². The lowest BCUT2D eigenvalue weighted by molar-refractivity contribution is -0.145. The van der Waals surface area contributed by atoms with Gasteiger partial charge in [0.05, 0.1) is 21.3 Å². The van der Waals surface area contributed by atoms with E-state index in [1.54, 1.807) is 17.0 Å². The van der Waals surface area contributed by atoms with Crippen LogP contribution >= 0.6 is 22.9 Å². The van der Waals surface area contributed by atoms with E-state index >= 15 is 0 Å². The van der Waals surface area contributed by atoms with Gasteiger partial charge in [-0.3, -0.25) is 14.4 Å². The molecule has 0 bridgehead atoms. The zero-order chi connectivity index (χ0) is 22.7. The van der Waals surface area contributed by atoms with Crippen LogP contribution < -0.4 is 11.1 Å². The van der Waals surface area contributed by atoms with Gasteiger partial charge in [-0.25, -0.2) is 9.97 Å². The van der Waals surface area contributed by atoms with Crippen LogP contribution in [0, 0.1) is 0 Å². The van der Waals surface area contributed by atoms with E-state index in [9.17, 15) is 14.4 Å². The van der Waals surface area contributed by atoms with Gasteiger partial charge in [-0.15, -0.1) is 11.3 Å². The summed E-state index contributed by atoms with van der Waals surface area (Å²) < 4.78 is 0.531. The van der Waals surface area contributed by atoms with Crippen molar-refractivity contribution in [2.75, 3.05) is 31.9 Å². The molecule has 1 fully saturated rings. The van der Waals surface area contributed by atoms with Crippen LogP contribution in [0.4, 0.5) is 5.82 Å². The standard InChI is InChI=1S/C21H21ClN6O3S/c22-17-4-3-16(32-17)21(31)24-6-5-18(29)28-8-7-27(19(30)11-28)10-13-1-2-14-15(9-13)25-12-26-20(14)23/h1-4,9,12H,5-8,10-11H2,(H,24,31)(H2,23,25,26). The molecular weight excluding hydrogens is 452 g/mol. The van der Waals surface area contributed by atoms with Gasteiger partial charge in [-0.1, -0.05) is 17.7 Å². The van der Waals surface area contributed by atoms with Crippen LogP contribution in [0.15, 0.2) is 36.7 Å². The number of aromatic nitrogens is 2. The van der Waals surface area contributed by atoms with Crippen LogP contribution in [0.3, 0.4) is 0 Å². The number of nitrogen functional groups attached to an aromatic ring is 1. The molecule has 0 radical (unpaired) electrons. The van der Waals surface area contributed by atoms with Crippen molar-refractivity contribution in [2.24, 2.45) is 0 Å². The molecule has 3 N–H and O–H groups in total. The molecule has 0 spiro atoms. The summed E-state index contributed by atoms with van der Waals surface area (Å²) in [6, 6.07) is 8.93. The number of rotatable bonds is 6. The van der Waals surface area contributed by atoms with Gasteiger partial charge < -0.3 is 20.9 Å². The van der Waals surface area contributed by atoms with Crippen molar-refractivity contribution in [1.29, 1.82) is 0 Å². The summed E-state index contributed by atoms with van der Waals surface area (Å²) in [7, 11) is 0. The molecule has 3 aromatic rings. The van der Waals surface area contributed by atoms with E-state index in [2.05, 4.69) is 15.3 Å². The van der Waals surface area contributed by atoms with Gasteiger partial charge in [0, 0.05) is 38.0 Å². The van der Waals surface area contributed by atoms with E-state index in [0.717, 1.165) is 16.5 Å². The normalized spacial score (nSPS) is 14.1. The zero-order valence-corrected chi connectivity index (χ0v) is 18.7. The first-order valence-electron chi connectivity index (χ1n) is 9.99. The molecule has 0 saturated carbocycles. The molecule has 1 aliphatic heterocycles. The molecule has 1 saturated heterocycles. The summed E-state index contributed by atoms with van der Waals surface area (Å²) in [4.78, 5) is 49.0. The number of nitrogens with zero attached hydrogens (tertiary/aromatic N) is 4. The highest BCUT2D eigenvalue weighted by Gasteiger charge is 2.27. The smallest absolute Gasteiger partial charge is 0.261 e. The number of benzene rings is 1. The number of piperazine rings is 1. The van der Waals surface area contributed by atoms with Gasteiger partial charge in [-0.05, 0) is 29.8 Å². The Hall–Kier alpha value is -3.24. The highest BCUT2D eigenvalue weighted by atomic mass is 35.5. The van der Waals surface area contributed by atoms with Crippen molar-refractivity contribution in [1.82, 2.24) is 25.1 Å². The molecular formula is C21H21ClN6O3S. The average molecular weight is 473 g/mol. The third-order valence-corrected chi connectivity index (χ3v) is 6.43. The summed E-state index contributed by atoms with van der Waals surface area (Å²) in [6.07, 6.45) is 1.54. The minimum absolute atomic E-state index is 0.0238. The Morgan fingerprint density at radius 3 is 2.78 bits per heavy atom. The summed E-state index contributed by atoms with van der Waals surface area (Å²) in [6.45, 7) is 1.54. The molecule has 1 aromatic carbocycles. The maximum atomic E-state index is 12.6. The molecule has 0 unspecified atom stereocenters. The molecule has 0 atom stereocenters. The first-order valence-corrected chi connectivity index (χ1v) is 11.2. The lowest BCUT2D eigenvalue weighted by Crippen LogP contribution is -2.52. The first kappa shape index (κ1) is 22.0. The van der Waals surface area contributed by atoms with Gasteiger partial charge in [0.1, 0.15) is 12.1 Å². The number of nitrogens with two attached hydrogens (primary N) is 1. The minimum Gasteiger partial charge on any atom is -0.383 e. The molecule has 3 amide bonds. The molecule has 2 aromatic heterocycles. The number of nitrogens with one attached hydrogen (secondary N) is 1. The molecule has 1 aliphatic rings. The van der Waals surface area contributed by atoms with Crippen molar-refractivity contribution >= 4 is 57.4 Å². The number of thiophene rings is 1. The molecule has 9 nitrogen and oxygen atoms in total. The Labute approximate surface area is 193 Å². The molecule has 3 heterocycles. The van der Waals surface area contributed by atoms with Gasteiger partial charge in [0.15, 0.2) is 0 Å². The highest BCUT2D eigenvalue weighted by molar-refractivity contribution is 7.18. The van der Waals surface area contributed by atoms with Crippen LogP contribution in [-0.4, -0.2) is 63.7 Å². The van der Waals surface area contributed by atoms with Crippen molar-refractivity contribution < 1.29 is 14.4 Å². The quantitative estimate of drug-likeness (QED) is 0.565. The van der Waals surface area contributed by atoms with E-state index in [1.165, 1.54) is 22.6 Å². The number of hydrogen-bond acceptors (Lipinski definition) is 7. The maximum absolute atomic E-state index is 12.6. The highest BCUT2D eigenvalue weighted by Crippen LogP contribution is 2.21. The third-order valence-electron chi connectivity index (χ3n) is 5.20. The van der Waals surface area contributed by atoms with Gasteiger partial charge in [-0.2, -0.15) is 0 Å². The topological polar surface area (TPSA) is 122 Å². The van der Waals surface area contributed by atoms with E-state index < -0.39 is 0 Å². The second kappa shape index (κ2) is 9.49. The molecule has 0 aliphatic carbocycles. The fourth-order valence-corrected chi connectivity index (χ4v) is 4.45. The number of anilines is 1. The van der Waals surface area contributed by atoms with Crippen LogP contribution in [0.2, 0.25) is 4.34 Å². The van der Waals surface area contributed by atoms with E-state index in [0.29, 0.717) is 34.7 Å². The van der Waals surface area contributed by atoms with Crippen molar-refractivity contribution in [2.45, 2.75) is 13.0 Å². The van der Waals surface area contributed by atoms with Crippen molar-refractivity contribution in [3.8, 4) is 0 Å². The number of halogens is 1. The maximum Gasteiger partial charge on any atom is 0.261 e. The van der Waals surface area contributed by atoms with Gasteiger partial charge in [0.2, 0.25) is 11.8 Å². The van der Waals surface area contributed by atoms with E-state index in [1.807, 2.05) is 18.2 Å². The van der Waals surface area contributed by atoms with Crippen molar-refractivity contribution in [3.05, 3.63) is 51.4 Å². The predicted octanol–water partition coefficient (Wildman–Crippen LogP) is 1.92. The Morgan fingerprint density at radius 1 is 1.19 bits per heavy atom. The number of hydrogen-bond donors (Lipinski definition) is 2. The van der Waals surface area contributed by atoms with E-state index in [4.69, 9.17) is 17.3 Å². The second-order valence-corrected chi connectivity index (χ2v) is 9.07. The predicted molar refractivity (Wildman–Crippen MR) is 122 cm³/mol. The lowest BCUT2D eigenvalue weighted by Gasteiger charge is -2.34. The first-order chi connectivity index (χ1) is 15.4. The molecule has 32 heavy (non-hydrogen) atoms.